The molecule has 4 aromatic rings. The SMILES string of the molecule is Nc1nc(Cc2ccc(C(=O)N3CCC[C@H]4CCCC[C@H]43)cc2)cc(Cc2ccc3ncsc3c2)n1. The summed E-state index contributed by atoms with van der Waals surface area (Å²) in [6.07, 6.45) is 8.73. The number of thiazole rings is 1. The minimum atomic E-state index is 0.185. The molecule has 1 aliphatic carbocycles. The molecule has 0 unspecified atom stereocenters. The molecule has 0 spiro atoms. The van der Waals surface area contributed by atoms with Crippen LogP contribution in [0.25, 0.3) is 10.2 Å². The van der Waals surface area contributed by atoms with E-state index in [0.717, 1.165) is 47.4 Å². The van der Waals surface area contributed by atoms with Crippen molar-refractivity contribution >= 4 is 33.4 Å². The Morgan fingerprint density at radius 3 is 2.47 bits per heavy atom. The van der Waals surface area contributed by atoms with Gasteiger partial charge in [0.25, 0.3) is 5.91 Å². The Kier molecular flexibility index (Phi) is 6.40. The molecular formula is C29H31N5OS. The lowest BCUT2D eigenvalue weighted by Gasteiger charge is -2.44. The predicted octanol–water partition coefficient (Wildman–Crippen LogP) is 5.64. The predicted molar refractivity (Wildman–Crippen MR) is 144 cm³/mol. The van der Waals surface area contributed by atoms with Crippen LogP contribution in [0.5, 0.6) is 0 Å². The first kappa shape index (κ1) is 23.1. The largest absolute Gasteiger partial charge is 0.368 e. The molecule has 2 aromatic carbocycles. The van der Waals surface area contributed by atoms with Gasteiger partial charge in [0.1, 0.15) is 0 Å². The second-order valence-electron chi connectivity index (χ2n) is 10.2. The van der Waals surface area contributed by atoms with E-state index in [1.54, 1.807) is 11.3 Å². The van der Waals surface area contributed by atoms with Crippen molar-refractivity contribution in [2.75, 3.05) is 12.3 Å². The summed E-state index contributed by atoms with van der Waals surface area (Å²) in [7, 11) is 0. The van der Waals surface area contributed by atoms with Crippen molar-refractivity contribution in [2.45, 2.75) is 57.4 Å². The molecule has 0 bridgehead atoms. The molecular weight excluding hydrogens is 466 g/mol. The van der Waals surface area contributed by atoms with Crippen LogP contribution in [-0.2, 0) is 12.8 Å². The number of fused-ring (bicyclic) bond motifs is 2. The maximum absolute atomic E-state index is 13.3. The van der Waals surface area contributed by atoms with Gasteiger partial charge in [-0.2, -0.15) is 0 Å². The second-order valence-corrected chi connectivity index (χ2v) is 11.1. The molecule has 2 N–H and O–H groups in total. The third kappa shape index (κ3) is 4.85. The smallest absolute Gasteiger partial charge is 0.254 e. The molecule has 6 rings (SSSR count). The van der Waals surface area contributed by atoms with Crippen LogP contribution in [0.3, 0.4) is 0 Å². The van der Waals surface area contributed by atoms with E-state index in [1.807, 2.05) is 41.9 Å². The first-order valence-corrected chi connectivity index (χ1v) is 13.8. The van der Waals surface area contributed by atoms with E-state index < -0.39 is 0 Å². The van der Waals surface area contributed by atoms with Crippen LogP contribution in [0.1, 0.15) is 71.4 Å². The molecule has 0 radical (unpaired) electrons. The van der Waals surface area contributed by atoms with Gasteiger partial charge in [0.05, 0.1) is 27.1 Å². The standard InChI is InChI=1S/C29H31N5OS/c30-29-32-23(17-24(33-29)15-20-9-12-25-27(16-20)36-18-31-25)14-19-7-10-22(11-8-19)28(35)34-13-3-5-21-4-1-2-6-26(21)34/h7-12,16-18,21,26H,1-6,13-15H2,(H2,30,32,33)/t21-,26-/m1/s1. The molecule has 1 saturated heterocycles. The summed E-state index contributed by atoms with van der Waals surface area (Å²) >= 11 is 1.64. The average molecular weight is 498 g/mol. The highest BCUT2D eigenvalue weighted by Gasteiger charge is 2.35. The molecule has 3 heterocycles. The molecule has 2 fully saturated rings. The molecule has 36 heavy (non-hydrogen) atoms. The Balaban J connectivity index is 1.15. The number of carbonyl (C=O) groups is 1. The Labute approximate surface area is 215 Å². The summed E-state index contributed by atoms with van der Waals surface area (Å²) in [5.74, 6) is 1.17. The van der Waals surface area contributed by atoms with E-state index >= 15 is 0 Å². The molecule has 2 aliphatic rings. The molecule has 1 saturated carbocycles. The summed E-state index contributed by atoms with van der Waals surface area (Å²) in [6.45, 7) is 0.890. The van der Waals surface area contributed by atoms with Gasteiger partial charge in [-0.15, -0.1) is 11.3 Å². The van der Waals surface area contributed by atoms with Gasteiger partial charge in [-0.3, -0.25) is 4.79 Å². The number of benzene rings is 2. The number of nitrogens with two attached hydrogens (primary N) is 1. The highest BCUT2D eigenvalue weighted by molar-refractivity contribution is 7.16. The molecule has 1 amide bonds. The average Bonchev–Trinajstić information content (AvgIpc) is 3.36. The fourth-order valence-corrected chi connectivity index (χ4v) is 6.73. The first-order valence-electron chi connectivity index (χ1n) is 13.0. The number of rotatable bonds is 5. The molecule has 7 heteroatoms. The van der Waals surface area contributed by atoms with Gasteiger partial charge in [0, 0.05) is 31.0 Å². The summed E-state index contributed by atoms with van der Waals surface area (Å²) in [5.41, 5.74) is 13.8. The van der Waals surface area contributed by atoms with E-state index in [0.29, 0.717) is 30.7 Å². The zero-order valence-electron chi connectivity index (χ0n) is 20.4. The number of likely N-dealkylation sites (tertiary alicyclic amines) is 1. The van der Waals surface area contributed by atoms with Crippen molar-refractivity contribution in [3.63, 3.8) is 0 Å². The van der Waals surface area contributed by atoms with Gasteiger partial charge >= 0.3 is 0 Å². The summed E-state index contributed by atoms with van der Waals surface area (Å²) in [5, 5.41) is 0. The van der Waals surface area contributed by atoms with Crippen LogP contribution >= 0.6 is 11.3 Å². The highest BCUT2D eigenvalue weighted by atomic mass is 32.1. The third-order valence-corrected chi connectivity index (χ3v) is 8.51. The fraction of sp³-hybridized carbons (Fsp3) is 0.379. The Bertz CT molecular complexity index is 1380. The quantitative estimate of drug-likeness (QED) is 0.385. The lowest BCUT2D eigenvalue weighted by atomic mass is 9.78. The van der Waals surface area contributed by atoms with Crippen LogP contribution in [0.15, 0.2) is 54.0 Å². The second kappa shape index (κ2) is 9.97. The number of hydrogen-bond donors (Lipinski definition) is 1. The van der Waals surface area contributed by atoms with Gasteiger partial charge < -0.3 is 10.6 Å². The van der Waals surface area contributed by atoms with Crippen molar-refractivity contribution in [3.8, 4) is 0 Å². The van der Waals surface area contributed by atoms with Crippen LogP contribution in [0.2, 0.25) is 0 Å². The zero-order chi connectivity index (χ0) is 24.5. The van der Waals surface area contributed by atoms with Crippen LogP contribution in [-0.4, -0.2) is 38.3 Å². The lowest BCUT2D eigenvalue weighted by Crippen LogP contribution is -2.49. The number of nitrogen functional groups attached to an aromatic ring is 1. The molecule has 184 valence electrons. The highest BCUT2D eigenvalue weighted by Crippen LogP contribution is 2.36. The van der Waals surface area contributed by atoms with E-state index in [2.05, 4.69) is 32.0 Å². The van der Waals surface area contributed by atoms with Crippen molar-refractivity contribution in [3.05, 3.63) is 82.1 Å². The number of carbonyl (C=O) groups excluding carboxylic acids is 1. The van der Waals surface area contributed by atoms with Gasteiger partial charge in [-0.05, 0) is 73.1 Å². The van der Waals surface area contributed by atoms with Crippen LogP contribution in [0, 0.1) is 5.92 Å². The van der Waals surface area contributed by atoms with Crippen LogP contribution in [0.4, 0.5) is 5.95 Å². The minimum absolute atomic E-state index is 0.185. The minimum Gasteiger partial charge on any atom is -0.368 e. The maximum atomic E-state index is 13.3. The Morgan fingerprint density at radius 1 is 0.917 bits per heavy atom. The van der Waals surface area contributed by atoms with E-state index in [-0.39, 0.29) is 5.91 Å². The van der Waals surface area contributed by atoms with Gasteiger partial charge in [0.15, 0.2) is 0 Å². The maximum Gasteiger partial charge on any atom is 0.254 e. The number of nitrogens with zero attached hydrogens (tertiary/aromatic N) is 4. The van der Waals surface area contributed by atoms with E-state index in [4.69, 9.17) is 5.73 Å². The van der Waals surface area contributed by atoms with Crippen LogP contribution < -0.4 is 5.73 Å². The zero-order valence-corrected chi connectivity index (χ0v) is 21.2. The van der Waals surface area contributed by atoms with E-state index in [9.17, 15) is 4.79 Å². The molecule has 2 aromatic heterocycles. The Morgan fingerprint density at radius 2 is 1.64 bits per heavy atom. The number of aromatic nitrogens is 3. The van der Waals surface area contributed by atoms with Crippen molar-refractivity contribution in [2.24, 2.45) is 5.92 Å². The summed E-state index contributed by atoms with van der Waals surface area (Å²) in [4.78, 5) is 28.8. The van der Waals surface area contributed by atoms with Gasteiger partial charge in [0.2, 0.25) is 5.95 Å². The normalized spacial score (nSPS) is 19.8. The van der Waals surface area contributed by atoms with Crippen molar-refractivity contribution < 1.29 is 4.79 Å². The number of amides is 1. The fourth-order valence-electron chi connectivity index (χ4n) is 5.99. The number of anilines is 1. The van der Waals surface area contributed by atoms with Gasteiger partial charge in [-0.25, -0.2) is 15.0 Å². The molecule has 2 atom stereocenters. The number of piperidine rings is 1. The number of hydrogen-bond acceptors (Lipinski definition) is 6. The van der Waals surface area contributed by atoms with Crippen molar-refractivity contribution in [1.82, 2.24) is 19.9 Å². The Hall–Kier alpha value is -3.32. The lowest BCUT2D eigenvalue weighted by molar-refractivity contribution is 0.0390. The topological polar surface area (TPSA) is 85.0 Å². The van der Waals surface area contributed by atoms with E-state index in [1.165, 1.54) is 35.9 Å². The first-order chi connectivity index (χ1) is 17.6. The summed E-state index contributed by atoms with van der Waals surface area (Å²) in [6, 6.07) is 16.8. The monoisotopic (exact) mass is 497 g/mol. The van der Waals surface area contributed by atoms with Gasteiger partial charge in [-0.1, -0.05) is 31.0 Å². The molecule has 1 aliphatic heterocycles. The van der Waals surface area contributed by atoms with Crippen molar-refractivity contribution in [1.29, 1.82) is 0 Å². The third-order valence-electron chi connectivity index (χ3n) is 7.72. The summed E-state index contributed by atoms with van der Waals surface area (Å²) < 4.78 is 1.17. The molecule has 6 nitrogen and oxygen atoms in total.